The van der Waals surface area contributed by atoms with E-state index >= 15 is 0 Å². The molecule has 1 N–H and O–H groups in total. The van der Waals surface area contributed by atoms with Gasteiger partial charge in [0.15, 0.2) is 0 Å². The highest BCUT2D eigenvalue weighted by atomic mass is 32.2. The molecule has 0 fully saturated rings. The van der Waals surface area contributed by atoms with E-state index < -0.39 is 10.0 Å². The molecule has 0 radical (unpaired) electrons. The molecule has 0 aromatic heterocycles. The summed E-state index contributed by atoms with van der Waals surface area (Å²) in [6.07, 6.45) is 2.09. The van der Waals surface area contributed by atoms with E-state index in [9.17, 15) is 8.42 Å². The van der Waals surface area contributed by atoms with E-state index in [-0.39, 0.29) is 0 Å². The lowest BCUT2D eigenvalue weighted by atomic mass is 10.1. The molecule has 1 aromatic carbocycles. The molecule has 0 aliphatic rings. The molecule has 0 amide bonds. The molecular weight excluding hydrogens is 260 g/mol. The zero-order valence-corrected chi connectivity index (χ0v) is 12.8. The van der Waals surface area contributed by atoms with Gasteiger partial charge in [-0.3, -0.25) is 0 Å². The summed E-state index contributed by atoms with van der Waals surface area (Å²) in [5.74, 6) is 0. The predicted molar refractivity (Wildman–Crippen MR) is 79.6 cm³/mol. The first-order chi connectivity index (χ1) is 8.95. The molecule has 0 spiro atoms. The van der Waals surface area contributed by atoms with Gasteiger partial charge in [-0.15, -0.1) is 0 Å². The second-order valence-electron chi connectivity index (χ2n) is 4.71. The van der Waals surface area contributed by atoms with Gasteiger partial charge < -0.3 is 5.32 Å². The number of benzene rings is 1. The number of rotatable bonds is 8. The van der Waals surface area contributed by atoms with Crippen molar-refractivity contribution in [3.63, 3.8) is 0 Å². The number of hydrogen-bond acceptors (Lipinski definition) is 3. The van der Waals surface area contributed by atoms with Gasteiger partial charge in [0.2, 0.25) is 10.0 Å². The predicted octanol–water partition coefficient (Wildman–Crippen LogP) is 1.76. The van der Waals surface area contributed by atoms with Crippen molar-refractivity contribution in [2.24, 2.45) is 0 Å². The minimum Gasteiger partial charge on any atom is -0.313 e. The van der Waals surface area contributed by atoms with Crippen molar-refractivity contribution in [3.8, 4) is 0 Å². The molecule has 4 nitrogen and oxygen atoms in total. The van der Waals surface area contributed by atoms with Gasteiger partial charge in [-0.25, -0.2) is 12.7 Å². The van der Waals surface area contributed by atoms with E-state index in [0.717, 1.165) is 19.5 Å². The SMILES string of the molecule is CCN(CCCNCc1ccccc1C)S(C)(=O)=O. The van der Waals surface area contributed by atoms with Crippen LogP contribution in [0.5, 0.6) is 0 Å². The molecule has 0 saturated heterocycles. The van der Waals surface area contributed by atoms with Crippen LogP contribution >= 0.6 is 0 Å². The Balaban J connectivity index is 2.27. The summed E-state index contributed by atoms with van der Waals surface area (Å²) in [6.45, 7) is 6.73. The largest absolute Gasteiger partial charge is 0.313 e. The van der Waals surface area contributed by atoms with Crippen LogP contribution in [0.25, 0.3) is 0 Å². The van der Waals surface area contributed by atoms with E-state index in [1.165, 1.54) is 21.7 Å². The summed E-state index contributed by atoms with van der Waals surface area (Å²) in [5.41, 5.74) is 2.57. The maximum Gasteiger partial charge on any atom is 0.211 e. The molecule has 1 aromatic rings. The molecule has 5 heteroatoms. The number of hydrogen-bond donors (Lipinski definition) is 1. The van der Waals surface area contributed by atoms with Crippen molar-refractivity contribution in [3.05, 3.63) is 35.4 Å². The second kappa shape index (κ2) is 7.62. The van der Waals surface area contributed by atoms with Crippen LogP contribution in [0.15, 0.2) is 24.3 Å². The van der Waals surface area contributed by atoms with Crippen LogP contribution in [-0.4, -0.2) is 38.6 Å². The molecular formula is C14H24N2O2S. The fourth-order valence-electron chi connectivity index (χ4n) is 1.97. The first-order valence-electron chi connectivity index (χ1n) is 6.65. The highest BCUT2D eigenvalue weighted by Gasteiger charge is 2.12. The van der Waals surface area contributed by atoms with E-state index in [2.05, 4.69) is 24.4 Å². The van der Waals surface area contributed by atoms with E-state index in [1.54, 1.807) is 0 Å². The molecule has 108 valence electrons. The van der Waals surface area contributed by atoms with Crippen LogP contribution in [0.3, 0.4) is 0 Å². The van der Waals surface area contributed by atoms with Crippen molar-refractivity contribution in [1.29, 1.82) is 0 Å². The van der Waals surface area contributed by atoms with Gasteiger partial charge >= 0.3 is 0 Å². The van der Waals surface area contributed by atoms with Crippen LogP contribution < -0.4 is 5.32 Å². The van der Waals surface area contributed by atoms with Gasteiger partial charge in [-0.2, -0.15) is 0 Å². The average Bonchev–Trinajstić information content (AvgIpc) is 2.34. The normalized spacial score (nSPS) is 12.0. The Hall–Kier alpha value is -0.910. The van der Waals surface area contributed by atoms with Gasteiger partial charge in [0.25, 0.3) is 0 Å². The third kappa shape index (κ3) is 5.72. The minimum atomic E-state index is -3.06. The van der Waals surface area contributed by atoms with E-state index in [4.69, 9.17) is 0 Å². The lowest BCUT2D eigenvalue weighted by Crippen LogP contribution is -2.32. The van der Waals surface area contributed by atoms with E-state index in [1.807, 2.05) is 19.1 Å². The molecule has 0 aliphatic heterocycles. The summed E-state index contributed by atoms with van der Waals surface area (Å²) in [7, 11) is -3.06. The Kier molecular flexibility index (Phi) is 6.48. The Bertz CT molecular complexity index is 486. The monoisotopic (exact) mass is 284 g/mol. The number of sulfonamides is 1. The molecule has 1 rings (SSSR count). The van der Waals surface area contributed by atoms with Crippen molar-refractivity contribution in [2.45, 2.75) is 26.8 Å². The number of nitrogens with one attached hydrogen (secondary N) is 1. The van der Waals surface area contributed by atoms with Crippen LogP contribution in [0.1, 0.15) is 24.5 Å². The van der Waals surface area contributed by atoms with Crippen LogP contribution in [0.2, 0.25) is 0 Å². The van der Waals surface area contributed by atoms with Crippen molar-refractivity contribution < 1.29 is 8.42 Å². The van der Waals surface area contributed by atoms with Gasteiger partial charge in [-0.05, 0) is 31.0 Å². The quantitative estimate of drug-likeness (QED) is 0.740. The minimum absolute atomic E-state index is 0.538. The molecule has 19 heavy (non-hydrogen) atoms. The lowest BCUT2D eigenvalue weighted by molar-refractivity contribution is 0.419. The van der Waals surface area contributed by atoms with Crippen molar-refractivity contribution in [2.75, 3.05) is 25.9 Å². The maximum atomic E-state index is 11.4. The van der Waals surface area contributed by atoms with Gasteiger partial charge in [0, 0.05) is 19.6 Å². The van der Waals surface area contributed by atoms with Crippen molar-refractivity contribution >= 4 is 10.0 Å². The summed E-state index contributed by atoms with van der Waals surface area (Å²) in [5, 5.41) is 3.35. The summed E-state index contributed by atoms with van der Waals surface area (Å²) < 4.78 is 24.3. The zero-order valence-electron chi connectivity index (χ0n) is 12.0. The van der Waals surface area contributed by atoms with Crippen LogP contribution in [0.4, 0.5) is 0 Å². The summed E-state index contributed by atoms with van der Waals surface area (Å²) in [6, 6.07) is 8.27. The third-order valence-electron chi connectivity index (χ3n) is 3.16. The standard InChI is InChI=1S/C14H24N2O2S/c1-4-16(19(3,17)18)11-7-10-15-12-14-9-6-5-8-13(14)2/h5-6,8-9,15H,4,7,10-12H2,1-3H3. The average molecular weight is 284 g/mol. The molecule has 0 bridgehead atoms. The van der Waals surface area contributed by atoms with Crippen LogP contribution in [0, 0.1) is 6.92 Å². The highest BCUT2D eigenvalue weighted by Crippen LogP contribution is 2.06. The topological polar surface area (TPSA) is 49.4 Å². The Morgan fingerprint density at radius 3 is 2.53 bits per heavy atom. The molecule has 0 atom stereocenters. The highest BCUT2D eigenvalue weighted by molar-refractivity contribution is 7.88. The van der Waals surface area contributed by atoms with Gasteiger partial charge in [0.1, 0.15) is 0 Å². The summed E-state index contributed by atoms with van der Waals surface area (Å²) >= 11 is 0. The summed E-state index contributed by atoms with van der Waals surface area (Å²) in [4.78, 5) is 0. The molecule has 0 saturated carbocycles. The molecule has 0 unspecified atom stereocenters. The second-order valence-corrected chi connectivity index (χ2v) is 6.69. The fourth-order valence-corrected chi connectivity index (χ4v) is 2.90. The number of nitrogens with zero attached hydrogens (tertiary/aromatic N) is 1. The van der Waals surface area contributed by atoms with E-state index in [0.29, 0.717) is 13.1 Å². The van der Waals surface area contributed by atoms with Crippen molar-refractivity contribution in [1.82, 2.24) is 9.62 Å². The smallest absolute Gasteiger partial charge is 0.211 e. The first kappa shape index (κ1) is 16.1. The Labute approximate surface area is 116 Å². The maximum absolute atomic E-state index is 11.4. The van der Waals surface area contributed by atoms with Gasteiger partial charge in [-0.1, -0.05) is 31.2 Å². The third-order valence-corrected chi connectivity index (χ3v) is 4.54. The molecule has 0 heterocycles. The lowest BCUT2D eigenvalue weighted by Gasteiger charge is -2.17. The fraction of sp³-hybridized carbons (Fsp3) is 0.571. The van der Waals surface area contributed by atoms with Crippen LogP contribution in [-0.2, 0) is 16.6 Å². The number of aryl methyl sites for hydroxylation is 1. The Morgan fingerprint density at radius 1 is 1.26 bits per heavy atom. The molecule has 0 aliphatic carbocycles. The zero-order chi connectivity index (χ0) is 14.3. The van der Waals surface area contributed by atoms with Gasteiger partial charge in [0.05, 0.1) is 6.26 Å². The first-order valence-corrected chi connectivity index (χ1v) is 8.50. The Morgan fingerprint density at radius 2 is 1.95 bits per heavy atom.